The molecule has 0 unspecified atom stereocenters. The minimum absolute atomic E-state index is 0.117. The number of ether oxygens (including phenoxy) is 1. The number of nitrogens with zero attached hydrogens (tertiary/aromatic N) is 2. The van der Waals surface area contributed by atoms with Crippen LogP contribution in [0.4, 0.5) is 8.78 Å². The molecule has 0 aromatic heterocycles. The number of Topliss-reactive ketones (excluding diaryl/α,β-unsaturated/α-hetero) is 1. The molecule has 1 aliphatic heterocycles. The van der Waals surface area contributed by atoms with Gasteiger partial charge in [0.05, 0.1) is 11.5 Å². The molecule has 1 aliphatic rings. The summed E-state index contributed by atoms with van der Waals surface area (Å²) in [6.07, 6.45) is -0.555. The monoisotopic (exact) mass is 514 g/mol. The Bertz CT molecular complexity index is 1290. The molecule has 190 valence electrons. The fraction of sp³-hybridized carbons (Fsp3) is 0.296. The van der Waals surface area contributed by atoms with E-state index in [0.29, 0.717) is 50.5 Å². The first-order chi connectivity index (χ1) is 17.3. The molecular formula is C27H28F2N2O4S. The van der Waals surface area contributed by atoms with Gasteiger partial charge in [-0.15, -0.1) is 0 Å². The first kappa shape index (κ1) is 26.1. The largest absolute Gasteiger partial charge is 0.367 e. The Hall–Kier alpha value is -2.98. The third kappa shape index (κ3) is 6.04. The molecule has 0 bridgehead atoms. The highest BCUT2D eigenvalue weighted by Crippen LogP contribution is 2.27. The highest BCUT2D eigenvalue weighted by atomic mass is 32.2. The lowest BCUT2D eigenvalue weighted by atomic mass is 10.0. The van der Waals surface area contributed by atoms with E-state index in [0.717, 1.165) is 17.7 Å². The van der Waals surface area contributed by atoms with E-state index in [9.17, 15) is 22.0 Å². The topological polar surface area (TPSA) is 66.9 Å². The molecular weight excluding hydrogens is 486 g/mol. The van der Waals surface area contributed by atoms with Crippen molar-refractivity contribution < 1.29 is 26.7 Å². The predicted molar refractivity (Wildman–Crippen MR) is 132 cm³/mol. The molecule has 0 N–H and O–H groups in total. The molecule has 1 fully saturated rings. The van der Waals surface area contributed by atoms with Gasteiger partial charge in [-0.05, 0) is 42.3 Å². The molecule has 0 aliphatic carbocycles. The number of rotatable bonds is 9. The Morgan fingerprint density at radius 1 is 0.889 bits per heavy atom. The molecule has 0 spiro atoms. The summed E-state index contributed by atoms with van der Waals surface area (Å²) in [5, 5.41) is 0. The Kier molecular flexibility index (Phi) is 8.25. The van der Waals surface area contributed by atoms with E-state index < -0.39 is 27.8 Å². The standard InChI is InChI=1S/C27H28F2N2O4S/c1-20(32)21-7-10-24(11-8-21)36(33,34)31-15-13-30(14-16-31)17-18-35-27(22-5-3-2-4-6-22)23-9-12-25(28)26(29)19-23/h2-12,19,27H,13-18H2,1H3/t27-/m0/s1. The summed E-state index contributed by atoms with van der Waals surface area (Å²) in [4.78, 5) is 13.7. The number of carbonyl (C=O) groups is 1. The van der Waals surface area contributed by atoms with E-state index in [1.807, 2.05) is 30.3 Å². The first-order valence-electron chi connectivity index (χ1n) is 11.7. The van der Waals surface area contributed by atoms with E-state index in [1.165, 1.54) is 41.6 Å². The van der Waals surface area contributed by atoms with Crippen LogP contribution in [0.25, 0.3) is 0 Å². The lowest BCUT2D eigenvalue weighted by molar-refractivity contribution is 0.0525. The number of piperazine rings is 1. The number of ketones is 1. The molecule has 0 saturated carbocycles. The van der Waals surface area contributed by atoms with Gasteiger partial charge in [-0.2, -0.15) is 4.31 Å². The van der Waals surface area contributed by atoms with Gasteiger partial charge in [-0.3, -0.25) is 9.69 Å². The number of carbonyl (C=O) groups excluding carboxylic acids is 1. The minimum Gasteiger partial charge on any atom is -0.367 e. The lowest BCUT2D eigenvalue weighted by Gasteiger charge is -2.34. The fourth-order valence-electron chi connectivity index (χ4n) is 4.19. The Morgan fingerprint density at radius 3 is 2.17 bits per heavy atom. The third-order valence-corrected chi connectivity index (χ3v) is 8.18. The van der Waals surface area contributed by atoms with Crippen LogP contribution < -0.4 is 0 Å². The van der Waals surface area contributed by atoms with Gasteiger partial charge < -0.3 is 4.74 Å². The molecule has 4 rings (SSSR count). The van der Waals surface area contributed by atoms with Crippen molar-refractivity contribution in [3.8, 4) is 0 Å². The summed E-state index contributed by atoms with van der Waals surface area (Å²) >= 11 is 0. The van der Waals surface area contributed by atoms with Gasteiger partial charge >= 0.3 is 0 Å². The number of hydrogen-bond donors (Lipinski definition) is 0. The van der Waals surface area contributed by atoms with Crippen LogP contribution in [0, 0.1) is 11.6 Å². The molecule has 1 heterocycles. The third-order valence-electron chi connectivity index (χ3n) is 6.27. The normalized spacial score (nSPS) is 16.1. The second-order valence-electron chi connectivity index (χ2n) is 8.66. The van der Waals surface area contributed by atoms with Crippen molar-refractivity contribution >= 4 is 15.8 Å². The van der Waals surface area contributed by atoms with E-state index >= 15 is 0 Å². The first-order valence-corrected chi connectivity index (χ1v) is 13.1. The smallest absolute Gasteiger partial charge is 0.243 e. The SMILES string of the molecule is CC(=O)c1ccc(S(=O)(=O)N2CCN(CCO[C@@H](c3ccccc3)c3ccc(F)c(F)c3)CC2)cc1. The van der Waals surface area contributed by atoms with Gasteiger partial charge in [-0.25, -0.2) is 17.2 Å². The van der Waals surface area contributed by atoms with Crippen molar-refractivity contribution in [1.82, 2.24) is 9.21 Å². The molecule has 3 aromatic rings. The molecule has 1 atom stereocenters. The van der Waals surface area contributed by atoms with E-state index in [-0.39, 0.29) is 10.7 Å². The molecule has 36 heavy (non-hydrogen) atoms. The number of hydrogen-bond acceptors (Lipinski definition) is 5. The lowest BCUT2D eigenvalue weighted by Crippen LogP contribution is -2.49. The van der Waals surface area contributed by atoms with Crippen LogP contribution in [-0.4, -0.2) is 62.7 Å². The zero-order valence-electron chi connectivity index (χ0n) is 19.9. The summed E-state index contributed by atoms with van der Waals surface area (Å²) < 4.78 is 60.9. The Morgan fingerprint density at radius 2 is 1.56 bits per heavy atom. The van der Waals surface area contributed by atoms with Gasteiger partial charge in [0.25, 0.3) is 0 Å². The summed E-state index contributed by atoms with van der Waals surface area (Å²) in [5.74, 6) is -1.95. The van der Waals surface area contributed by atoms with E-state index in [4.69, 9.17) is 4.74 Å². The molecule has 0 radical (unpaired) electrons. The number of sulfonamides is 1. The van der Waals surface area contributed by atoms with Gasteiger partial charge in [-0.1, -0.05) is 48.5 Å². The van der Waals surface area contributed by atoms with Crippen LogP contribution in [0.15, 0.2) is 77.7 Å². The van der Waals surface area contributed by atoms with Gasteiger partial charge in [0.2, 0.25) is 10.0 Å². The average Bonchev–Trinajstić information content (AvgIpc) is 2.89. The van der Waals surface area contributed by atoms with E-state index in [1.54, 1.807) is 0 Å². The highest BCUT2D eigenvalue weighted by molar-refractivity contribution is 7.89. The van der Waals surface area contributed by atoms with Crippen molar-refractivity contribution in [3.63, 3.8) is 0 Å². The van der Waals surface area contributed by atoms with Crippen LogP contribution in [0.3, 0.4) is 0 Å². The van der Waals surface area contributed by atoms with Crippen molar-refractivity contribution in [1.29, 1.82) is 0 Å². The highest BCUT2D eigenvalue weighted by Gasteiger charge is 2.28. The van der Waals surface area contributed by atoms with Crippen LogP contribution in [0.1, 0.15) is 34.5 Å². The zero-order chi connectivity index (χ0) is 25.7. The minimum atomic E-state index is -3.64. The molecule has 9 heteroatoms. The molecule has 1 saturated heterocycles. The van der Waals surface area contributed by atoms with Crippen LogP contribution in [-0.2, 0) is 14.8 Å². The summed E-state index contributed by atoms with van der Waals surface area (Å²) in [6.45, 7) is 4.08. The van der Waals surface area contributed by atoms with Crippen molar-refractivity contribution in [2.45, 2.75) is 17.9 Å². The fourth-order valence-corrected chi connectivity index (χ4v) is 5.61. The zero-order valence-corrected chi connectivity index (χ0v) is 20.8. The van der Waals surface area contributed by atoms with Crippen LogP contribution in [0.5, 0.6) is 0 Å². The Labute approximate surface area is 210 Å². The second-order valence-corrected chi connectivity index (χ2v) is 10.6. The maximum atomic E-state index is 13.9. The van der Waals surface area contributed by atoms with Crippen LogP contribution >= 0.6 is 0 Å². The Balaban J connectivity index is 1.34. The quantitative estimate of drug-likeness (QED) is 0.399. The van der Waals surface area contributed by atoms with E-state index in [2.05, 4.69) is 4.90 Å². The summed E-state index contributed by atoms with van der Waals surface area (Å²) in [7, 11) is -3.64. The van der Waals surface area contributed by atoms with Crippen LogP contribution in [0.2, 0.25) is 0 Å². The van der Waals surface area contributed by atoms with Crippen molar-refractivity contribution in [2.24, 2.45) is 0 Å². The maximum Gasteiger partial charge on any atom is 0.243 e. The van der Waals surface area contributed by atoms with Crippen molar-refractivity contribution in [2.75, 3.05) is 39.3 Å². The van der Waals surface area contributed by atoms with Gasteiger partial charge in [0.1, 0.15) is 6.10 Å². The molecule has 0 amide bonds. The molecule has 3 aromatic carbocycles. The van der Waals surface area contributed by atoms with Crippen molar-refractivity contribution in [3.05, 3.63) is 101 Å². The number of halogens is 2. The molecule has 6 nitrogen and oxygen atoms in total. The van der Waals surface area contributed by atoms with Gasteiger partial charge in [0, 0.05) is 38.3 Å². The second kappa shape index (κ2) is 11.4. The predicted octanol–water partition coefficient (Wildman–Crippen LogP) is 4.28. The summed E-state index contributed by atoms with van der Waals surface area (Å²) in [5.41, 5.74) is 1.82. The maximum absolute atomic E-state index is 13.9. The van der Waals surface area contributed by atoms with Gasteiger partial charge in [0.15, 0.2) is 17.4 Å². The number of benzene rings is 3. The average molecular weight is 515 g/mol. The summed E-state index contributed by atoms with van der Waals surface area (Å²) in [6, 6.07) is 19.1.